The van der Waals surface area contributed by atoms with E-state index in [2.05, 4.69) is 25.3 Å². The Bertz CT molecular complexity index is 843. The molecule has 0 radical (unpaired) electrons. The van der Waals surface area contributed by atoms with Gasteiger partial charge in [0, 0.05) is 11.8 Å². The lowest BCUT2D eigenvalue weighted by Gasteiger charge is -1.95. The Kier molecular flexibility index (Phi) is 3.69. The Labute approximate surface area is 136 Å². The first-order chi connectivity index (χ1) is 11.9. The van der Waals surface area contributed by atoms with Crippen LogP contribution in [0.2, 0.25) is 0 Å². The van der Waals surface area contributed by atoms with Gasteiger partial charge in [0.25, 0.3) is 11.8 Å². The highest BCUT2D eigenvalue weighted by molar-refractivity contribution is 5.51. The maximum atomic E-state index is 5.44. The maximum Gasteiger partial charge on any atom is 0.415 e. The van der Waals surface area contributed by atoms with Crippen molar-refractivity contribution in [3.63, 3.8) is 0 Å². The van der Waals surface area contributed by atoms with Crippen LogP contribution >= 0.6 is 0 Å². The molecule has 3 heterocycles. The van der Waals surface area contributed by atoms with Gasteiger partial charge in [0.05, 0.1) is 0 Å². The third-order valence-corrected chi connectivity index (χ3v) is 3.11. The highest BCUT2D eigenvalue weighted by Crippen LogP contribution is 2.21. The van der Waals surface area contributed by atoms with Crippen LogP contribution in [0.15, 0.2) is 63.7 Å². The van der Waals surface area contributed by atoms with Crippen molar-refractivity contribution in [3.05, 3.63) is 60.6 Å². The monoisotopic (exact) mass is 321 g/mol. The zero-order valence-electron chi connectivity index (χ0n) is 12.4. The fraction of sp³-hybridized carbons (Fsp3) is 0.0625. The van der Waals surface area contributed by atoms with Gasteiger partial charge in [0.2, 0.25) is 5.82 Å². The summed E-state index contributed by atoms with van der Waals surface area (Å²) < 4.78 is 15.9. The largest absolute Gasteiger partial charge is 0.439 e. The molecule has 0 amide bonds. The van der Waals surface area contributed by atoms with Crippen molar-refractivity contribution < 1.29 is 13.7 Å². The summed E-state index contributed by atoms with van der Waals surface area (Å²) in [5.74, 6) is 1.06. The fourth-order valence-corrected chi connectivity index (χ4v) is 2.00. The minimum absolute atomic E-state index is 0.0241. The first-order valence-electron chi connectivity index (χ1n) is 7.14. The molecule has 0 spiro atoms. The van der Waals surface area contributed by atoms with Gasteiger partial charge >= 0.3 is 6.08 Å². The Morgan fingerprint density at radius 3 is 2.67 bits per heavy atom. The van der Waals surface area contributed by atoms with Crippen LogP contribution in [0.4, 0.5) is 0 Å². The van der Waals surface area contributed by atoms with Crippen molar-refractivity contribution in [2.75, 3.05) is 0 Å². The minimum atomic E-state index is 0.0241. The summed E-state index contributed by atoms with van der Waals surface area (Å²) in [6, 6.07) is 14.9. The molecule has 8 nitrogen and oxygen atoms in total. The topological polar surface area (TPSA) is 100.0 Å². The Hall–Kier alpha value is -3.55. The zero-order valence-corrected chi connectivity index (χ0v) is 12.4. The lowest BCUT2D eigenvalue weighted by atomic mass is 10.2. The summed E-state index contributed by atoms with van der Waals surface area (Å²) in [7, 11) is 0. The average Bonchev–Trinajstić information content (AvgIpc) is 3.31. The number of aromatic nitrogens is 5. The van der Waals surface area contributed by atoms with Gasteiger partial charge in [-0.15, -0.1) is 5.10 Å². The first kappa shape index (κ1) is 14.1. The summed E-state index contributed by atoms with van der Waals surface area (Å²) in [4.78, 5) is 8.36. The summed E-state index contributed by atoms with van der Waals surface area (Å²) >= 11 is 0. The van der Waals surface area contributed by atoms with E-state index in [4.69, 9.17) is 13.7 Å². The third-order valence-electron chi connectivity index (χ3n) is 3.11. The number of rotatable bonds is 5. The molecule has 3 aromatic heterocycles. The number of pyridine rings is 1. The van der Waals surface area contributed by atoms with Crippen LogP contribution in [0, 0.1) is 0 Å². The predicted molar refractivity (Wildman–Crippen MR) is 81.6 cm³/mol. The molecule has 0 saturated carbocycles. The molecule has 0 aliphatic carbocycles. The van der Waals surface area contributed by atoms with E-state index in [1.54, 1.807) is 12.3 Å². The van der Waals surface area contributed by atoms with E-state index in [9.17, 15) is 0 Å². The second-order valence-corrected chi connectivity index (χ2v) is 4.75. The van der Waals surface area contributed by atoms with Crippen molar-refractivity contribution in [2.45, 2.75) is 6.61 Å². The normalized spacial score (nSPS) is 10.7. The molecule has 0 saturated heterocycles. The van der Waals surface area contributed by atoms with Gasteiger partial charge in [0.1, 0.15) is 5.69 Å². The van der Waals surface area contributed by atoms with E-state index in [1.807, 2.05) is 42.5 Å². The number of ether oxygens (including phenoxy) is 1. The highest BCUT2D eigenvalue weighted by Gasteiger charge is 2.13. The van der Waals surface area contributed by atoms with Gasteiger partial charge < -0.3 is 13.7 Å². The van der Waals surface area contributed by atoms with Gasteiger partial charge in [-0.2, -0.15) is 4.98 Å². The van der Waals surface area contributed by atoms with Gasteiger partial charge in [-0.05, 0) is 24.3 Å². The van der Waals surface area contributed by atoms with Crippen molar-refractivity contribution >= 4 is 0 Å². The van der Waals surface area contributed by atoms with Crippen LogP contribution in [0.25, 0.3) is 23.0 Å². The zero-order chi connectivity index (χ0) is 16.2. The fourth-order valence-electron chi connectivity index (χ4n) is 2.00. The molecular formula is C16H11N5O3. The number of hydrogen-bond acceptors (Lipinski definition) is 8. The van der Waals surface area contributed by atoms with E-state index in [-0.39, 0.29) is 18.6 Å². The summed E-state index contributed by atoms with van der Waals surface area (Å²) in [5, 5.41) is 11.6. The molecule has 0 fully saturated rings. The van der Waals surface area contributed by atoms with Crippen LogP contribution in [-0.2, 0) is 6.61 Å². The maximum absolute atomic E-state index is 5.44. The van der Waals surface area contributed by atoms with E-state index < -0.39 is 0 Å². The second kappa shape index (κ2) is 6.29. The number of nitrogens with zero attached hydrogens (tertiary/aromatic N) is 5. The van der Waals surface area contributed by atoms with Gasteiger partial charge in [-0.25, -0.2) is 0 Å². The van der Waals surface area contributed by atoms with Crippen LogP contribution in [0.5, 0.6) is 6.08 Å². The lowest BCUT2D eigenvalue weighted by molar-refractivity contribution is 0.188. The van der Waals surface area contributed by atoms with Crippen molar-refractivity contribution in [2.24, 2.45) is 0 Å². The molecular weight excluding hydrogens is 310 g/mol. The van der Waals surface area contributed by atoms with Crippen LogP contribution in [0.3, 0.4) is 0 Å². The molecule has 0 unspecified atom stereocenters. The summed E-state index contributed by atoms with van der Waals surface area (Å²) in [5.41, 5.74) is 1.44. The lowest BCUT2D eigenvalue weighted by Crippen LogP contribution is -1.96. The standard InChI is InChI=1S/C16H11N5O3/c1-2-6-11(7-3-1)15-19-20-16(23-15)22-10-13-18-14(21-24-13)12-8-4-5-9-17-12/h1-9H,10H2. The molecule has 0 aliphatic heterocycles. The minimum Gasteiger partial charge on any atom is -0.439 e. The van der Waals surface area contributed by atoms with Crippen LogP contribution in [-0.4, -0.2) is 25.3 Å². The molecule has 1 aromatic carbocycles. The molecule has 0 atom stereocenters. The number of hydrogen-bond donors (Lipinski definition) is 0. The molecule has 0 bridgehead atoms. The summed E-state index contributed by atoms with van der Waals surface area (Å²) in [6.45, 7) is 0.0241. The molecule has 24 heavy (non-hydrogen) atoms. The SMILES string of the molecule is c1ccc(-c2nnc(OCc3nc(-c4ccccn4)no3)o2)cc1. The highest BCUT2D eigenvalue weighted by atomic mass is 16.6. The van der Waals surface area contributed by atoms with E-state index in [0.717, 1.165) is 5.56 Å². The predicted octanol–water partition coefficient (Wildman–Crippen LogP) is 2.76. The van der Waals surface area contributed by atoms with E-state index in [0.29, 0.717) is 17.4 Å². The smallest absolute Gasteiger partial charge is 0.415 e. The Morgan fingerprint density at radius 2 is 1.83 bits per heavy atom. The molecule has 8 heteroatoms. The van der Waals surface area contributed by atoms with Gasteiger partial charge in [-0.1, -0.05) is 34.5 Å². The average molecular weight is 321 g/mol. The van der Waals surface area contributed by atoms with Crippen molar-refractivity contribution in [3.8, 4) is 29.0 Å². The molecule has 118 valence electrons. The Morgan fingerprint density at radius 1 is 0.958 bits per heavy atom. The summed E-state index contributed by atoms with van der Waals surface area (Å²) in [6.07, 6.45) is 1.69. The third kappa shape index (κ3) is 2.98. The molecule has 4 aromatic rings. The van der Waals surface area contributed by atoms with Crippen LogP contribution in [0.1, 0.15) is 5.89 Å². The van der Waals surface area contributed by atoms with Crippen molar-refractivity contribution in [1.82, 2.24) is 25.3 Å². The second-order valence-electron chi connectivity index (χ2n) is 4.75. The molecule has 4 rings (SSSR count). The van der Waals surface area contributed by atoms with E-state index in [1.165, 1.54) is 0 Å². The Balaban J connectivity index is 1.43. The first-order valence-corrected chi connectivity index (χ1v) is 7.14. The number of benzene rings is 1. The van der Waals surface area contributed by atoms with Crippen molar-refractivity contribution in [1.29, 1.82) is 0 Å². The van der Waals surface area contributed by atoms with E-state index >= 15 is 0 Å². The van der Waals surface area contributed by atoms with Crippen LogP contribution < -0.4 is 4.74 Å². The van der Waals surface area contributed by atoms with Gasteiger partial charge in [0.15, 0.2) is 6.61 Å². The molecule has 0 N–H and O–H groups in total. The quantitative estimate of drug-likeness (QED) is 0.553. The van der Waals surface area contributed by atoms with Gasteiger partial charge in [-0.3, -0.25) is 4.98 Å². The molecule has 0 aliphatic rings.